The summed E-state index contributed by atoms with van der Waals surface area (Å²) < 4.78 is 11.5. The Kier molecular flexibility index (Phi) is 8.70. The van der Waals surface area contributed by atoms with Gasteiger partial charge < -0.3 is 9.47 Å². The van der Waals surface area contributed by atoms with E-state index in [1.807, 2.05) is 6.07 Å². The number of hydrogen-bond donors (Lipinski definition) is 0. The van der Waals surface area contributed by atoms with Crippen molar-refractivity contribution in [2.45, 2.75) is 83.3 Å². The average Bonchev–Trinajstić information content (AvgIpc) is 3.34. The van der Waals surface area contributed by atoms with Gasteiger partial charge in [-0.1, -0.05) is 95.0 Å². The molecule has 0 spiro atoms. The average molecular weight is 319 g/mol. The third kappa shape index (κ3) is 7.99. The normalized spacial score (nSPS) is 19.9. The third-order valence-corrected chi connectivity index (χ3v) is 4.77. The maximum atomic E-state index is 5.86. The lowest BCUT2D eigenvalue weighted by atomic mass is 10.0. The second-order valence-electron chi connectivity index (χ2n) is 7.03. The van der Waals surface area contributed by atoms with Crippen molar-refractivity contribution < 1.29 is 9.47 Å². The van der Waals surface area contributed by atoms with Crippen LogP contribution in [0.5, 0.6) is 0 Å². The molecule has 1 aliphatic rings. The molecule has 1 aromatic carbocycles. The Morgan fingerprint density at radius 1 is 0.913 bits per heavy atom. The van der Waals surface area contributed by atoms with E-state index in [4.69, 9.17) is 9.47 Å². The smallest absolute Gasteiger partial charge is 0.115 e. The number of benzene rings is 1. The molecule has 130 valence electrons. The lowest BCUT2D eigenvalue weighted by molar-refractivity contribution is 0.0631. The minimum atomic E-state index is 0.0515. The lowest BCUT2D eigenvalue weighted by Crippen LogP contribution is -2.19. The van der Waals surface area contributed by atoms with Crippen molar-refractivity contribution in [3.8, 4) is 0 Å². The zero-order valence-corrected chi connectivity index (χ0v) is 14.9. The Labute approximate surface area is 142 Å². The summed E-state index contributed by atoms with van der Waals surface area (Å²) in [5.41, 5.74) is 1.29. The number of unbranched alkanes of at least 4 members (excludes halogenated alkanes) is 8. The van der Waals surface area contributed by atoms with Gasteiger partial charge in [-0.3, -0.25) is 0 Å². The molecule has 2 nitrogen and oxygen atoms in total. The van der Waals surface area contributed by atoms with Gasteiger partial charge in [0.1, 0.15) is 5.60 Å². The van der Waals surface area contributed by atoms with Crippen LogP contribution in [0.25, 0.3) is 0 Å². The van der Waals surface area contributed by atoms with Gasteiger partial charge in [-0.05, 0) is 12.0 Å². The summed E-state index contributed by atoms with van der Waals surface area (Å²) in [6, 6.07) is 10.4. The van der Waals surface area contributed by atoms with Crippen LogP contribution in [0.4, 0.5) is 0 Å². The number of ether oxygens (including phenoxy) is 2. The molecule has 0 N–H and O–H groups in total. The molecule has 0 aromatic heterocycles. The Morgan fingerprint density at radius 2 is 1.52 bits per heavy atom. The minimum Gasteiger partial charge on any atom is -0.374 e. The van der Waals surface area contributed by atoms with Crippen molar-refractivity contribution in [1.29, 1.82) is 0 Å². The van der Waals surface area contributed by atoms with Crippen molar-refractivity contribution in [2.24, 2.45) is 0 Å². The highest BCUT2D eigenvalue weighted by molar-refractivity contribution is 5.13. The van der Waals surface area contributed by atoms with Crippen molar-refractivity contribution in [3.05, 3.63) is 35.9 Å². The molecule has 0 unspecified atom stereocenters. The van der Waals surface area contributed by atoms with E-state index in [2.05, 4.69) is 31.2 Å². The van der Waals surface area contributed by atoms with E-state index in [9.17, 15) is 0 Å². The fourth-order valence-electron chi connectivity index (χ4n) is 3.09. The van der Waals surface area contributed by atoms with Gasteiger partial charge in [0.25, 0.3) is 0 Å². The zero-order valence-electron chi connectivity index (χ0n) is 14.9. The Hall–Kier alpha value is -0.860. The quantitative estimate of drug-likeness (QED) is 0.315. The Bertz CT molecular complexity index is 398. The molecule has 23 heavy (non-hydrogen) atoms. The van der Waals surface area contributed by atoms with Crippen molar-refractivity contribution in [2.75, 3.05) is 13.2 Å². The molecule has 0 aliphatic carbocycles. The van der Waals surface area contributed by atoms with Gasteiger partial charge in [0.2, 0.25) is 0 Å². The highest BCUT2D eigenvalue weighted by Crippen LogP contribution is 2.33. The standard InChI is InChI=1S/C21H34O2/c1-2-3-4-5-6-7-8-9-13-16-21(19-23-21)18-22-17-20-14-11-10-12-15-20/h10-12,14-15H,2-9,13,16-19H2,1H3/t21-/m0/s1. The first kappa shape index (κ1) is 18.5. The Morgan fingerprint density at radius 3 is 2.13 bits per heavy atom. The van der Waals surface area contributed by atoms with Crippen LogP contribution in [0, 0.1) is 0 Å². The van der Waals surface area contributed by atoms with Gasteiger partial charge in [-0.2, -0.15) is 0 Å². The summed E-state index contributed by atoms with van der Waals surface area (Å²) in [4.78, 5) is 0. The molecule has 1 saturated heterocycles. The molecule has 0 bridgehead atoms. The molecule has 1 aliphatic heterocycles. The highest BCUT2D eigenvalue weighted by Gasteiger charge is 2.44. The van der Waals surface area contributed by atoms with Crippen LogP contribution in [0.1, 0.15) is 76.7 Å². The van der Waals surface area contributed by atoms with E-state index in [0.717, 1.165) is 19.6 Å². The predicted molar refractivity (Wildman–Crippen MR) is 96.6 cm³/mol. The van der Waals surface area contributed by atoms with Crippen molar-refractivity contribution in [3.63, 3.8) is 0 Å². The van der Waals surface area contributed by atoms with Crippen LogP contribution in [0.2, 0.25) is 0 Å². The van der Waals surface area contributed by atoms with Crippen LogP contribution in [0.3, 0.4) is 0 Å². The molecule has 2 heteroatoms. The van der Waals surface area contributed by atoms with Gasteiger partial charge in [-0.15, -0.1) is 0 Å². The van der Waals surface area contributed by atoms with Gasteiger partial charge in [0.05, 0.1) is 19.8 Å². The molecule has 1 heterocycles. The van der Waals surface area contributed by atoms with E-state index in [0.29, 0.717) is 6.61 Å². The van der Waals surface area contributed by atoms with E-state index in [1.165, 1.54) is 63.4 Å². The van der Waals surface area contributed by atoms with Crippen LogP contribution in [-0.4, -0.2) is 18.8 Å². The van der Waals surface area contributed by atoms with Crippen LogP contribution < -0.4 is 0 Å². The van der Waals surface area contributed by atoms with E-state index < -0.39 is 0 Å². The van der Waals surface area contributed by atoms with Crippen LogP contribution >= 0.6 is 0 Å². The van der Waals surface area contributed by atoms with Gasteiger partial charge >= 0.3 is 0 Å². The van der Waals surface area contributed by atoms with Gasteiger partial charge in [-0.25, -0.2) is 0 Å². The SMILES string of the molecule is CCCCCCCCCCC[C@]1(COCc2ccccc2)CO1. The summed E-state index contributed by atoms with van der Waals surface area (Å²) >= 11 is 0. The monoisotopic (exact) mass is 318 g/mol. The summed E-state index contributed by atoms with van der Waals surface area (Å²) in [7, 11) is 0. The largest absolute Gasteiger partial charge is 0.374 e. The lowest BCUT2D eigenvalue weighted by Gasteiger charge is -2.12. The molecule has 1 aromatic rings. The topological polar surface area (TPSA) is 21.8 Å². The van der Waals surface area contributed by atoms with Crippen LogP contribution in [-0.2, 0) is 16.1 Å². The number of hydrogen-bond acceptors (Lipinski definition) is 2. The molecular weight excluding hydrogens is 284 g/mol. The second kappa shape index (κ2) is 10.8. The van der Waals surface area contributed by atoms with E-state index >= 15 is 0 Å². The van der Waals surface area contributed by atoms with E-state index in [-0.39, 0.29) is 5.60 Å². The maximum absolute atomic E-state index is 5.86. The third-order valence-electron chi connectivity index (χ3n) is 4.77. The first-order valence-corrected chi connectivity index (χ1v) is 9.60. The fraction of sp³-hybridized carbons (Fsp3) is 0.714. The Balaban J connectivity index is 1.44. The zero-order chi connectivity index (χ0) is 16.2. The number of rotatable bonds is 14. The number of epoxide rings is 1. The highest BCUT2D eigenvalue weighted by atomic mass is 16.6. The molecule has 0 radical (unpaired) electrons. The van der Waals surface area contributed by atoms with Crippen molar-refractivity contribution >= 4 is 0 Å². The summed E-state index contributed by atoms with van der Waals surface area (Å²) in [5, 5.41) is 0. The predicted octanol–water partition coefficient (Wildman–Crippen LogP) is 5.89. The summed E-state index contributed by atoms with van der Waals surface area (Å²) in [6.07, 6.45) is 13.6. The molecule has 0 saturated carbocycles. The maximum Gasteiger partial charge on any atom is 0.115 e. The first-order valence-electron chi connectivity index (χ1n) is 9.60. The summed E-state index contributed by atoms with van der Waals surface area (Å²) in [6.45, 7) is 4.61. The molecular formula is C21H34O2. The fourth-order valence-corrected chi connectivity index (χ4v) is 3.09. The molecule has 1 fully saturated rings. The van der Waals surface area contributed by atoms with Crippen molar-refractivity contribution in [1.82, 2.24) is 0 Å². The molecule has 0 amide bonds. The summed E-state index contributed by atoms with van der Waals surface area (Å²) in [5.74, 6) is 0. The van der Waals surface area contributed by atoms with Gasteiger partial charge in [0.15, 0.2) is 0 Å². The second-order valence-corrected chi connectivity index (χ2v) is 7.03. The van der Waals surface area contributed by atoms with Crippen LogP contribution in [0.15, 0.2) is 30.3 Å². The minimum absolute atomic E-state index is 0.0515. The molecule has 1 atom stereocenters. The van der Waals surface area contributed by atoms with E-state index in [1.54, 1.807) is 0 Å². The van der Waals surface area contributed by atoms with Gasteiger partial charge in [0, 0.05) is 0 Å². The first-order chi connectivity index (χ1) is 11.3. The molecule has 2 rings (SSSR count).